The van der Waals surface area contributed by atoms with E-state index in [4.69, 9.17) is 4.74 Å². The maximum absolute atomic E-state index is 14.2. The standard InChI is InChI=1S/C18H23FN2O2S.ClH/c1-20-10-12-6-8-21(9-7-12)18(22)17-13(11-23-2)16-14(19)4-3-5-15(16)24-17;/h3-5,12,20H,6-11H2,1-2H3;1H. The lowest BCUT2D eigenvalue weighted by Crippen LogP contribution is -2.40. The molecule has 25 heavy (non-hydrogen) atoms. The van der Waals surface area contributed by atoms with Crippen LogP contribution in [-0.4, -0.2) is 44.6 Å². The number of fused-ring (bicyclic) bond motifs is 1. The highest BCUT2D eigenvalue weighted by atomic mass is 35.5. The molecule has 1 aliphatic heterocycles. The second-order valence-corrected chi connectivity index (χ2v) is 7.30. The number of benzene rings is 1. The Balaban J connectivity index is 0.00000225. The SMILES string of the molecule is CNCC1CCN(C(=O)c2sc3cccc(F)c3c2COC)CC1.Cl. The number of piperidine rings is 1. The Bertz CT molecular complexity index is 729. The number of ether oxygens (including phenoxy) is 1. The number of halogens is 2. The summed E-state index contributed by atoms with van der Waals surface area (Å²) in [6.45, 7) is 2.76. The summed E-state index contributed by atoms with van der Waals surface area (Å²) >= 11 is 1.37. The van der Waals surface area contributed by atoms with E-state index in [9.17, 15) is 9.18 Å². The van der Waals surface area contributed by atoms with Crippen LogP contribution in [0.4, 0.5) is 4.39 Å². The molecule has 1 saturated heterocycles. The summed E-state index contributed by atoms with van der Waals surface area (Å²) in [5.74, 6) is 0.338. The van der Waals surface area contributed by atoms with Crippen molar-refractivity contribution in [1.29, 1.82) is 0 Å². The summed E-state index contributed by atoms with van der Waals surface area (Å²) in [7, 11) is 3.53. The molecule has 0 unspecified atom stereocenters. The van der Waals surface area contributed by atoms with Crippen molar-refractivity contribution in [1.82, 2.24) is 10.2 Å². The predicted octanol–water partition coefficient (Wildman–Crippen LogP) is 3.68. The van der Waals surface area contributed by atoms with E-state index in [1.807, 2.05) is 18.0 Å². The van der Waals surface area contributed by atoms with Crippen LogP contribution in [0.5, 0.6) is 0 Å². The van der Waals surface area contributed by atoms with Gasteiger partial charge in [0.15, 0.2) is 0 Å². The maximum atomic E-state index is 14.2. The second-order valence-electron chi connectivity index (χ2n) is 6.25. The van der Waals surface area contributed by atoms with E-state index in [1.54, 1.807) is 13.2 Å². The lowest BCUT2D eigenvalue weighted by Gasteiger charge is -2.31. The van der Waals surface area contributed by atoms with Gasteiger partial charge in [-0.3, -0.25) is 4.79 Å². The van der Waals surface area contributed by atoms with Crippen LogP contribution in [0.15, 0.2) is 18.2 Å². The van der Waals surface area contributed by atoms with Crippen LogP contribution in [-0.2, 0) is 11.3 Å². The van der Waals surface area contributed by atoms with Crippen LogP contribution in [0, 0.1) is 11.7 Å². The first kappa shape index (κ1) is 20.1. The van der Waals surface area contributed by atoms with E-state index in [2.05, 4.69) is 5.32 Å². The van der Waals surface area contributed by atoms with Gasteiger partial charge in [0.2, 0.25) is 0 Å². The van der Waals surface area contributed by atoms with Crippen LogP contribution in [0.1, 0.15) is 28.1 Å². The minimum Gasteiger partial charge on any atom is -0.380 e. The van der Waals surface area contributed by atoms with Gasteiger partial charge in [-0.05, 0) is 44.5 Å². The number of thiophene rings is 1. The van der Waals surface area contributed by atoms with Gasteiger partial charge in [-0.2, -0.15) is 0 Å². The molecule has 2 aromatic rings. The lowest BCUT2D eigenvalue weighted by molar-refractivity contribution is 0.0692. The smallest absolute Gasteiger partial charge is 0.264 e. The van der Waals surface area contributed by atoms with E-state index < -0.39 is 0 Å². The Hall–Kier alpha value is -1.21. The number of amides is 1. The van der Waals surface area contributed by atoms with Crippen molar-refractivity contribution in [2.24, 2.45) is 5.92 Å². The maximum Gasteiger partial charge on any atom is 0.264 e. The zero-order valence-corrected chi connectivity index (χ0v) is 16.1. The fourth-order valence-electron chi connectivity index (χ4n) is 3.39. The van der Waals surface area contributed by atoms with Crippen molar-refractivity contribution < 1.29 is 13.9 Å². The Morgan fingerprint density at radius 3 is 2.76 bits per heavy atom. The molecular formula is C18H24ClFN2O2S. The Labute approximate surface area is 157 Å². The van der Waals surface area contributed by atoms with Crippen molar-refractivity contribution in [3.63, 3.8) is 0 Å². The predicted molar refractivity (Wildman–Crippen MR) is 102 cm³/mol. The van der Waals surface area contributed by atoms with Crippen LogP contribution < -0.4 is 5.32 Å². The van der Waals surface area contributed by atoms with E-state index >= 15 is 0 Å². The third-order valence-electron chi connectivity index (χ3n) is 4.64. The molecule has 0 atom stereocenters. The fourth-order valence-corrected chi connectivity index (χ4v) is 4.58. The van der Waals surface area contributed by atoms with Crippen molar-refractivity contribution in [3.05, 3.63) is 34.5 Å². The molecule has 0 radical (unpaired) electrons. The first-order valence-corrected chi connectivity index (χ1v) is 9.10. The number of rotatable bonds is 5. The molecule has 0 saturated carbocycles. The van der Waals surface area contributed by atoms with E-state index in [1.165, 1.54) is 17.4 Å². The number of likely N-dealkylation sites (tertiary alicyclic amines) is 1. The highest BCUT2D eigenvalue weighted by Gasteiger charge is 2.27. The number of hydrogen-bond donors (Lipinski definition) is 1. The van der Waals surface area contributed by atoms with Crippen molar-refractivity contribution >= 4 is 39.7 Å². The largest absolute Gasteiger partial charge is 0.380 e. The van der Waals surface area contributed by atoms with E-state index in [0.717, 1.165) is 37.2 Å². The molecule has 7 heteroatoms. The van der Waals surface area contributed by atoms with Gasteiger partial charge >= 0.3 is 0 Å². The third kappa shape index (κ3) is 4.14. The molecular weight excluding hydrogens is 363 g/mol. The van der Waals surface area contributed by atoms with Gasteiger partial charge in [0.1, 0.15) is 5.82 Å². The van der Waals surface area contributed by atoms with Gasteiger partial charge in [0.25, 0.3) is 5.91 Å². The first-order valence-electron chi connectivity index (χ1n) is 8.28. The number of nitrogens with one attached hydrogen (secondary N) is 1. The normalized spacial score (nSPS) is 15.4. The first-order chi connectivity index (χ1) is 11.7. The molecule has 4 nitrogen and oxygen atoms in total. The molecule has 1 N–H and O–H groups in total. The van der Waals surface area contributed by atoms with Gasteiger partial charge in [0.05, 0.1) is 11.5 Å². The molecule has 1 aromatic carbocycles. The van der Waals surface area contributed by atoms with E-state index in [0.29, 0.717) is 21.7 Å². The topological polar surface area (TPSA) is 41.6 Å². The molecule has 0 bridgehead atoms. The average molecular weight is 387 g/mol. The quantitative estimate of drug-likeness (QED) is 0.852. The molecule has 1 fully saturated rings. The van der Waals surface area contributed by atoms with Gasteiger partial charge in [-0.15, -0.1) is 23.7 Å². The summed E-state index contributed by atoms with van der Waals surface area (Å²) in [5.41, 5.74) is 0.679. The van der Waals surface area contributed by atoms with Crippen LogP contribution in [0.2, 0.25) is 0 Å². The summed E-state index contributed by atoms with van der Waals surface area (Å²) in [6, 6.07) is 4.98. The Morgan fingerprint density at radius 2 is 2.12 bits per heavy atom. The monoisotopic (exact) mass is 386 g/mol. The Kier molecular flexibility index (Phi) is 7.19. The zero-order valence-electron chi connectivity index (χ0n) is 14.5. The summed E-state index contributed by atoms with van der Waals surface area (Å²) in [5, 5.41) is 3.73. The Morgan fingerprint density at radius 1 is 1.40 bits per heavy atom. The fraction of sp³-hybridized carbons (Fsp3) is 0.500. The molecule has 3 rings (SSSR count). The summed E-state index contributed by atoms with van der Waals surface area (Å²) in [6.07, 6.45) is 2.01. The number of carbonyl (C=O) groups is 1. The van der Waals surface area contributed by atoms with Crippen molar-refractivity contribution in [2.75, 3.05) is 33.8 Å². The number of nitrogens with zero attached hydrogens (tertiary/aromatic N) is 1. The minimum absolute atomic E-state index is 0. The molecule has 1 aliphatic rings. The second kappa shape index (κ2) is 8.94. The lowest BCUT2D eigenvalue weighted by atomic mass is 9.96. The molecule has 2 heterocycles. The van der Waals surface area contributed by atoms with Gasteiger partial charge in [-0.25, -0.2) is 4.39 Å². The van der Waals surface area contributed by atoms with E-state index in [-0.39, 0.29) is 30.7 Å². The summed E-state index contributed by atoms with van der Waals surface area (Å²) < 4.78 is 20.3. The number of methoxy groups -OCH3 is 1. The average Bonchev–Trinajstić information content (AvgIpc) is 2.96. The van der Waals surface area contributed by atoms with Crippen molar-refractivity contribution in [2.45, 2.75) is 19.4 Å². The molecule has 1 aromatic heterocycles. The number of hydrogen-bond acceptors (Lipinski definition) is 4. The third-order valence-corrected chi connectivity index (χ3v) is 5.83. The zero-order chi connectivity index (χ0) is 17.1. The molecule has 138 valence electrons. The molecule has 0 spiro atoms. The van der Waals surface area contributed by atoms with Crippen LogP contribution >= 0.6 is 23.7 Å². The highest BCUT2D eigenvalue weighted by molar-refractivity contribution is 7.21. The number of carbonyl (C=O) groups excluding carboxylic acids is 1. The van der Waals surface area contributed by atoms with Gasteiger partial charge in [-0.1, -0.05) is 6.07 Å². The van der Waals surface area contributed by atoms with Crippen molar-refractivity contribution in [3.8, 4) is 0 Å². The molecule has 0 aliphatic carbocycles. The minimum atomic E-state index is -0.289. The van der Waals surface area contributed by atoms with Crippen LogP contribution in [0.25, 0.3) is 10.1 Å². The summed E-state index contributed by atoms with van der Waals surface area (Å²) in [4.78, 5) is 15.5. The van der Waals surface area contributed by atoms with Gasteiger partial charge < -0.3 is 15.0 Å². The highest BCUT2D eigenvalue weighted by Crippen LogP contribution is 2.35. The molecule has 1 amide bonds. The van der Waals surface area contributed by atoms with Crippen LogP contribution in [0.3, 0.4) is 0 Å². The van der Waals surface area contributed by atoms with Gasteiger partial charge in [0, 0.05) is 35.8 Å².